The van der Waals surface area contributed by atoms with E-state index in [2.05, 4.69) is 27.8 Å². The molecule has 1 heterocycles. The number of rotatable bonds is 8. The Bertz CT molecular complexity index is 668. The number of ether oxygens (including phenoxy) is 1. The summed E-state index contributed by atoms with van der Waals surface area (Å²) < 4.78 is 5.31. The van der Waals surface area contributed by atoms with Crippen molar-refractivity contribution >= 4 is 17.8 Å². The number of likely N-dealkylation sites (tertiary alicyclic amines) is 1. The lowest BCUT2D eigenvalue weighted by atomic mass is 9.83. The van der Waals surface area contributed by atoms with Gasteiger partial charge in [-0.3, -0.25) is 19.5 Å². The van der Waals surface area contributed by atoms with Gasteiger partial charge in [-0.2, -0.15) is 0 Å². The van der Waals surface area contributed by atoms with Gasteiger partial charge in [-0.15, -0.1) is 0 Å². The predicted octanol–water partition coefficient (Wildman–Crippen LogP) is 1.56. The van der Waals surface area contributed by atoms with Crippen LogP contribution in [-0.2, 0) is 14.3 Å². The van der Waals surface area contributed by atoms with Gasteiger partial charge >= 0.3 is 0 Å². The van der Waals surface area contributed by atoms with E-state index >= 15 is 0 Å². The molecule has 2 N–H and O–H groups in total. The van der Waals surface area contributed by atoms with E-state index in [0.29, 0.717) is 13.1 Å². The van der Waals surface area contributed by atoms with E-state index in [4.69, 9.17) is 4.74 Å². The molecule has 4 rings (SSSR count). The van der Waals surface area contributed by atoms with Crippen molar-refractivity contribution in [2.45, 2.75) is 38.5 Å². The first-order valence-electron chi connectivity index (χ1n) is 11.1. The van der Waals surface area contributed by atoms with Crippen LogP contribution in [0.1, 0.15) is 38.5 Å². The molecule has 7 heteroatoms. The number of imide groups is 1. The maximum Gasteiger partial charge on any atom is 0.233 e. The summed E-state index contributed by atoms with van der Waals surface area (Å²) in [5.74, 6) is 1.08. The van der Waals surface area contributed by atoms with Gasteiger partial charge in [0.25, 0.3) is 0 Å². The van der Waals surface area contributed by atoms with Gasteiger partial charge in [-0.1, -0.05) is 25.0 Å². The number of aliphatic imine (C=N–C) groups is 1. The van der Waals surface area contributed by atoms with Gasteiger partial charge in [0.1, 0.15) is 0 Å². The molecule has 2 amide bonds. The number of nitrogens with one attached hydrogen (secondary N) is 2. The maximum atomic E-state index is 12.8. The predicted molar refractivity (Wildman–Crippen MR) is 111 cm³/mol. The van der Waals surface area contributed by atoms with Crippen molar-refractivity contribution < 1.29 is 14.3 Å². The molecule has 1 aliphatic heterocycles. The molecule has 2 saturated carbocycles. The van der Waals surface area contributed by atoms with Crippen LogP contribution >= 0.6 is 0 Å². The molecule has 0 aromatic rings. The van der Waals surface area contributed by atoms with E-state index in [1.807, 2.05) is 0 Å². The Morgan fingerprint density at radius 2 is 1.83 bits per heavy atom. The number of methoxy groups -OCH3 is 1. The summed E-state index contributed by atoms with van der Waals surface area (Å²) in [6.07, 6.45) is 11.3. The first-order valence-corrected chi connectivity index (χ1v) is 11.1. The van der Waals surface area contributed by atoms with Gasteiger partial charge in [-0.25, -0.2) is 0 Å². The van der Waals surface area contributed by atoms with Crippen molar-refractivity contribution in [2.75, 3.05) is 40.4 Å². The molecule has 0 spiro atoms. The Labute approximate surface area is 173 Å². The van der Waals surface area contributed by atoms with Gasteiger partial charge in [-0.05, 0) is 42.9 Å². The van der Waals surface area contributed by atoms with Crippen LogP contribution in [0, 0.1) is 29.1 Å². The number of nitrogens with zero attached hydrogens (tertiary/aromatic N) is 2. The van der Waals surface area contributed by atoms with Crippen LogP contribution in [0.4, 0.5) is 0 Å². The van der Waals surface area contributed by atoms with Crippen LogP contribution in [-0.4, -0.2) is 63.1 Å². The van der Waals surface area contributed by atoms with Crippen LogP contribution in [0.5, 0.6) is 0 Å². The van der Waals surface area contributed by atoms with E-state index in [-0.39, 0.29) is 40.9 Å². The van der Waals surface area contributed by atoms with Crippen molar-refractivity contribution in [3.8, 4) is 0 Å². The van der Waals surface area contributed by atoms with Gasteiger partial charge in [0.2, 0.25) is 11.8 Å². The smallest absolute Gasteiger partial charge is 0.233 e. The summed E-state index contributed by atoms with van der Waals surface area (Å²) in [5, 5.41) is 6.74. The van der Waals surface area contributed by atoms with Crippen LogP contribution < -0.4 is 10.6 Å². The highest BCUT2D eigenvalue weighted by molar-refractivity contribution is 6.06. The molecule has 3 fully saturated rings. The normalized spacial score (nSPS) is 32.3. The zero-order valence-corrected chi connectivity index (χ0v) is 17.7. The van der Waals surface area contributed by atoms with Crippen LogP contribution in [0.15, 0.2) is 17.1 Å². The fourth-order valence-corrected chi connectivity index (χ4v) is 5.92. The molecule has 4 unspecified atom stereocenters. The third kappa shape index (κ3) is 3.81. The second-order valence-corrected chi connectivity index (χ2v) is 9.13. The van der Waals surface area contributed by atoms with Gasteiger partial charge in [0, 0.05) is 40.4 Å². The molecule has 3 aliphatic carbocycles. The number of amides is 2. The Hall–Kier alpha value is -1.89. The SMILES string of the molecule is CN=C(NCCN1C(=O)C2C3C=CC(C3)C2C1=O)NCC1(CCOC)CCCC1. The van der Waals surface area contributed by atoms with E-state index in [9.17, 15) is 9.59 Å². The molecular formula is C22H34N4O3. The zero-order chi connectivity index (χ0) is 20.4. The molecule has 4 atom stereocenters. The minimum absolute atomic E-state index is 0.0195. The molecule has 4 aliphatic rings. The molecule has 2 bridgehead atoms. The fourth-order valence-electron chi connectivity index (χ4n) is 5.92. The minimum Gasteiger partial charge on any atom is -0.385 e. The number of carbonyl (C=O) groups is 2. The Kier molecular flexibility index (Phi) is 5.95. The first-order chi connectivity index (χ1) is 14.1. The van der Waals surface area contributed by atoms with Gasteiger partial charge < -0.3 is 15.4 Å². The Morgan fingerprint density at radius 3 is 2.41 bits per heavy atom. The summed E-state index contributed by atoms with van der Waals surface area (Å²) in [6, 6.07) is 0. The lowest BCUT2D eigenvalue weighted by molar-refractivity contribution is -0.140. The minimum atomic E-state index is -0.113. The molecule has 29 heavy (non-hydrogen) atoms. The lowest BCUT2D eigenvalue weighted by Gasteiger charge is -2.30. The second kappa shape index (κ2) is 8.46. The number of hydrogen-bond acceptors (Lipinski definition) is 4. The average molecular weight is 403 g/mol. The standard InChI is InChI=1S/C22H34N4O3/c1-23-21(25-14-22(9-12-29-2)7-3-4-8-22)24-10-11-26-19(27)17-15-5-6-16(13-15)18(17)20(26)28/h5-6,15-18H,3-4,7-14H2,1-2H3,(H2,23,24,25). The van der Waals surface area contributed by atoms with Crippen molar-refractivity contribution in [1.29, 1.82) is 0 Å². The molecular weight excluding hydrogens is 368 g/mol. The van der Waals surface area contributed by atoms with E-state index in [1.165, 1.54) is 30.6 Å². The largest absolute Gasteiger partial charge is 0.385 e. The van der Waals surface area contributed by atoms with Gasteiger partial charge in [0.15, 0.2) is 5.96 Å². The summed E-state index contributed by atoms with van der Waals surface area (Å²) in [6.45, 7) is 2.58. The number of carbonyl (C=O) groups excluding carboxylic acids is 2. The average Bonchev–Trinajstić information content (AvgIpc) is 3.50. The molecule has 7 nitrogen and oxygen atoms in total. The van der Waals surface area contributed by atoms with Gasteiger partial charge in [0.05, 0.1) is 11.8 Å². The fraction of sp³-hybridized carbons (Fsp3) is 0.773. The topological polar surface area (TPSA) is 83.0 Å². The quantitative estimate of drug-likeness (QED) is 0.279. The Balaban J connectivity index is 1.25. The third-order valence-electron chi connectivity index (χ3n) is 7.54. The zero-order valence-electron chi connectivity index (χ0n) is 17.7. The monoisotopic (exact) mass is 402 g/mol. The molecule has 160 valence electrons. The first kappa shape index (κ1) is 20.4. The molecule has 1 saturated heterocycles. The number of guanidine groups is 1. The van der Waals surface area contributed by atoms with Crippen LogP contribution in [0.3, 0.4) is 0 Å². The number of hydrogen-bond donors (Lipinski definition) is 2. The maximum absolute atomic E-state index is 12.8. The molecule has 0 aromatic heterocycles. The highest BCUT2D eigenvalue weighted by atomic mass is 16.5. The van der Waals surface area contributed by atoms with E-state index in [0.717, 1.165) is 32.0 Å². The Morgan fingerprint density at radius 1 is 1.17 bits per heavy atom. The van der Waals surface area contributed by atoms with Crippen molar-refractivity contribution in [1.82, 2.24) is 15.5 Å². The van der Waals surface area contributed by atoms with Crippen molar-refractivity contribution in [2.24, 2.45) is 34.1 Å². The molecule has 0 radical (unpaired) electrons. The van der Waals surface area contributed by atoms with Crippen LogP contribution in [0.2, 0.25) is 0 Å². The summed E-state index contributed by atoms with van der Waals surface area (Å²) in [4.78, 5) is 31.3. The third-order valence-corrected chi connectivity index (χ3v) is 7.54. The second-order valence-electron chi connectivity index (χ2n) is 9.13. The molecule has 0 aromatic carbocycles. The lowest BCUT2D eigenvalue weighted by Crippen LogP contribution is -2.46. The van der Waals surface area contributed by atoms with Crippen molar-refractivity contribution in [3.05, 3.63) is 12.2 Å². The highest BCUT2D eigenvalue weighted by Gasteiger charge is 2.58. The van der Waals surface area contributed by atoms with E-state index in [1.54, 1.807) is 14.2 Å². The summed E-state index contributed by atoms with van der Waals surface area (Å²) in [5.41, 5.74) is 0.276. The summed E-state index contributed by atoms with van der Waals surface area (Å²) in [7, 11) is 3.51. The van der Waals surface area contributed by atoms with Crippen molar-refractivity contribution in [3.63, 3.8) is 0 Å². The number of fused-ring (bicyclic) bond motifs is 5. The van der Waals surface area contributed by atoms with E-state index < -0.39 is 0 Å². The summed E-state index contributed by atoms with van der Waals surface area (Å²) >= 11 is 0. The van der Waals surface area contributed by atoms with Crippen LogP contribution in [0.25, 0.3) is 0 Å². The highest BCUT2D eigenvalue weighted by Crippen LogP contribution is 2.52. The number of allylic oxidation sites excluding steroid dienone is 2.